The molecule has 1 aromatic heterocycles. The van der Waals surface area contributed by atoms with Crippen LogP contribution in [0.15, 0.2) is 59.3 Å². The van der Waals surface area contributed by atoms with Crippen molar-refractivity contribution in [2.24, 2.45) is 0 Å². The smallest absolute Gasteiger partial charge is 0.220 e. The van der Waals surface area contributed by atoms with E-state index in [-0.39, 0.29) is 5.91 Å². The van der Waals surface area contributed by atoms with Crippen molar-refractivity contribution in [3.8, 4) is 11.3 Å². The normalized spacial score (nSPS) is 10.6. The summed E-state index contributed by atoms with van der Waals surface area (Å²) in [6.45, 7) is 2.53. The van der Waals surface area contributed by atoms with Gasteiger partial charge in [-0.2, -0.15) is 0 Å². The number of halogens is 1. The van der Waals surface area contributed by atoms with Crippen LogP contribution in [0, 0.1) is 6.92 Å². The molecule has 0 spiro atoms. The van der Waals surface area contributed by atoms with Crippen molar-refractivity contribution in [3.63, 3.8) is 0 Å². The van der Waals surface area contributed by atoms with Crippen LogP contribution in [-0.2, 0) is 17.8 Å². The Labute approximate surface area is 151 Å². The Kier molecular flexibility index (Phi) is 5.51. The molecule has 0 radical (unpaired) electrons. The van der Waals surface area contributed by atoms with Crippen molar-refractivity contribution in [3.05, 3.63) is 76.5 Å². The number of rotatable bonds is 6. The fourth-order valence-electron chi connectivity index (χ4n) is 2.52. The molecule has 4 nitrogen and oxygen atoms in total. The molecule has 25 heavy (non-hydrogen) atoms. The molecular weight excluding hydrogens is 336 g/mol. The lowest BCUT2D eigenvalue weighted by molar-refractivity contribution is -0.121. The molecule has 0 atom stereocenters. The van der Waals surface area contributed by atoms with Gasteiger partial charge in [0.05, 0.1) is 0 Å². The topological polar surface area (TPSA) is 55.1 Å². The summed E-state index contributed by atoms with van der Waals surface area (Å²) >= 11 is 5.85. The van der Waals surface area contributed by atoms with Crippen LogP contribution in [0.2, 0.25) is 5.02 Å². The summed E-state index contributed by atoms with van der Waals surface area (Å²) in [6.07, 6.45) is 2.58. The van der Waals surface area contributed by atoms with Crippen LogP contribution in [0.1, 0.15) is 23.1 Å². The number of aromatic nitrogens is 1. The fourth-order valence-corrected chi connectivity index (χ4v) is 2.65. The molecule has 0 aliphatic rings. The summed E-state index contributed by atoms with van der Waals surface area (Å²) < 4.78 is 5.11. The Morgan fingerprint density at radius 1 is 1.12 bits per heavy atom. The molecule has 5 heteroatoms. The highest BCUT2D eigenvalue weighted by Crippen LogP contribution is 2.23. The van der Waals surface area contributed by atoms with E-state index in [4.69, 9.17) is 16.1 Å². The van der Waals surface area contributed by atoms with Crippen LogP contribution in [0.3, 0.4) is 0 Å². The van der Waals surface area contributed by atoms with E-state index in [2.05, 4.69) is 10.5 Å². The lowest BCUT2D eigenvalue weighted by Crippen LogP contribution is -2.22. The predicted molar refractivity (Wildman–Crippen MR) is 98.3 cm³/mol. The standard InChI is InChI=1S/C20H19ClN2O2/c1-14-2-6-16(7-3-14)20-17(13-25-23-20)8-11-19(24)22-12-15-4-9-18(21)10-5-15/h2-7,9-10,13H,8,11-12H2,1H3,(H,22,24). The highest BCUT2D eigenvalue weighted by molar-refractivity contribution is 6.30. The van der Waals surface area contributed by atoms with E-state index in [0.29, 0.717) is 24.4 Å². The molecule has 0 fully saturated rings. The van der Waals surface area contributed by atoms with Gasteiger partial charge < -0.3 is 9.84 Å². The number of nitrogens with zero attached hydrogens (tertiary/aromatic N) is 1. The van der Waals surface area contributed by atoms with Crippen molar-refractivity contribution in [2.45, 2.75) is 26.3 Å². The molecule has 0 saturated heterocycles. The highest BCUT2D eigenvalue weighted by Gasteiger charge is 2.12. The van der Waals surface area contributed by atoms with Gasteiger partial charge in [-0.15, -0.1) is 0 Å². The first-order valence-electron chi connectivity index (χ1n) is 8.13. The van der Waals surface area contributed by atoms with Crippen LogP contribution in [-0.4, -0.2) is 11.1 Å². The first kappa shape index (κ1) is 17.2. The third kappa shape index (κ3) is 4.70. The lowest BCUT2D eigenvalue weighted by atomic mass is 10.0. The Bertz CT molecular complexity index is 839. The van der Waals surface area contributed by atoms with Gasteiger partial charge in [0.25, 0.3) is 0 Å². The number of hydrogen-bond donors (Lipinski definition) is 1. The van der Waals surface area contributed by atoms with Crippen LogP contribution in [0.25, 0.3) is 11.3 Å². The maximum atomic E-state index is 12.1. The van der Waals surface area contributed by atoms with Crippen molar-refractivity contribution >= 4 is 17.5 Å². The Balaban J connectivity index is 1.55. The van der Waals surface area contributed by atoms with Gasteiger partial charge in [-0.25, -0.2) is 0 Å². The van der Waals surface area contributed by atoms with E-state index >= 15 is 0 Å². The van der Waals surface area contributed by atoms with E-state index in [1.807, 2.05) is 55.5 Å². The number of amides is 1. The summed E-state index contributed by atoms with van der Waals surface area (Å²) in [5.41, 5.74) is 4.94. The van der Waals surface area contributed by atoms with E-state index in [9.17, 15) is 4.79 Å². The number of benzene rings is 2. The van der Waals surface area contributed by atoms with Gasteiger partial charge in [0.2, 0.25) is 5.91 Å². The molecule has 3 aromatic rings. The van der Waals surface area contributed by atoms with Gasteiger partial charge in [0.15, 0.2) is 0 Å². The zero-order valence-electron chi connectivity index (χ0n) is 14.0. The molecule has 2 aromatic carbocycles. The monoisotopic (exact) mass is 354 g/mol. The minimum atomic E-state index is -0.00833. The second kappa shape index (κ2) is 7.99. The minimum Gasteiger partial charge on any atom is -0.364 e. The van der Waals surface area contributed by atoms with Crippen molar-refractivity contribution in [1.82, 2.24) is 10.5 Å². The van der Waals surface area contributed by atoms with Crippen molar-refractivity contribution in [1.29, 1.82) is 0 Å². The Morgan fingerprint density at radius 2 is 1.84 bits per heavy atom. The van der Waals surface area contributed by atoms with Crippen LogP contribution in [0.5, 0.6) is 0 Å². The van der Waals surface area contributed by atoms with Gasteiger partial charge in [-0.05, 0) is 31.0 Å². The summed E-state index contributed by atoms with van der Waals surface area (Å²) in [5, 5.41) is 7.68. The van der Waals surface area contributed by atoms with E-state index < -0.39 is 0 Å². The zero-order chi connectivity index (χ0) is 17.6. The van der Waals surface area contributed by atoms with Crippen molar-refractivity contribution in [2.75, 3.05) is 0 Å². The summed E-state index contributed by atoms with van der Waals surface area (Å²) in [5.74, 6) is -0.00833. The summed E-state index contributed by atoms with van der Waals surface area (Å²) in [7, 11) is 0. The van der Waals surface area contributed by atoms with E-state index in [0.717, 1.165) is 22.4 Å². The fraction of sp³-hybridized carbons (Fsp3) is 0.200. The largest absolute Gasteiger partial charge is 0.364 e. The van der Waals surface area contributed by atoms with E-state index in [1.165, 1.54) is 5.56 Å². The first-order valence-corrected chi connectivity index (χ1v) is 8.51. The molecule has 0 bridgehead atoms. The Hall–Kier alpha value is -2.59. The molecule has 1 N–H and O–H groups in total. The molecule has 0 aliphatic carbocycles. The number of carbonyl (C=O) groups is 1. The molecule has 128 valence electrons. The Morgan fingerprint density at radius 3 is 2.56 bits per heavy atom. The highest BCUT2D eigenvalue weighted by atomic mass is 35.5. The average Bonchev–Trinajstić information content (AvgIpc) is 3.09. The average molecular weight is 355 g/mol. The van der Waals surface area contributed by atoms with Crippen LogP contribution < -0.4 is 5.32 Å². The number of aryl methyl sites for hydroxylation is 2. The van der Waals surface area contributed by atoms with Gasteiger partial charge in [0, 0.05) is 29.1 Å². The minimum absolute atomic E-state index is 0.00833. The second-order valence-corrected chi connectivity index (χ2v) is 6.39. The van der Waals surface area contributed by atoms with Gasteiger partial charge in [0.1, 0.15) is 12.0 Å². The summed E-state index contributed by atoms with van der Waals surface area (Å²) in [4.78, 5) is 12.1. The third-order valence-corrected chi connectivity index (χ3v) is 4.24. The van der Waals surface area contributed by atoms with Gasteiger partial charge in [-0.3, -0.25) is 4.79 Å². The molecular formula is C20H19ClN2O2. The van der Waals surface area contributed by atoms with Crippen LogP contribution >= 0.6 is 11.6 Å². The number of carbonyl (C=O) groups excluding carboxylic acids is 1. The van der Waals surface area contributed by atoms with E-state index in [1.54, 1.807) is 6.26 Å². The SMILES string of the molecule is Cc1ccc(-c2nocc2CCC(=O)NCc2ccc(Cl)cc2)cc1. The first-order chi connectivity index (χ1) is 12.1. The van der Waals surface area contributed by atoms with Crippen molar-refractivity contribution < 1.29 is 9.32 Å². The molecule has 0 unspecified atom stereocenters. The number of hydrogen-bond acceptors (Lipinski definition) is 3. The predicted octanol–water partition coefficient (Wildman–Crippen LogP) is 4.55. The quantitative estimate of drug-likeness (QED) is 0.706. The molecule has 0 aliphatic heterocycles. The maximum Gasteiger partial charge on any atom is 0.220 e. The van der Waals surface area contributed by atoms with Gasteiger partial charge >= 0.3 is 0 Å². The molecule has 3 rings (SSSR count). The number of nitrogens with one attached hydrogen (secondary N) is 1. The summed E-state index contributed by atoms with van der Waals surface area (Å²) in [6, 6.07) is 15.5. The van der Waals surface area contributed by atoms with Gasteiger partial charge in [-0.1, -0.05) is 58.7 Å². The maximum absolute atomic E-state index is 12.1. The lowest BCUT2D eigenvalue weighted by Gasteiger charge is -2.06. The second-order valence-electron chi connectivity index (χ2n) is 5.96. The molecule has 1 heterocycles. The molecule has 0 saturated carbocycles. The third-order valence-electron chi connectivity index (χ3n) is 3.99. The zero-order valence-corrected chi connectivity index (χ0v) is 14.7. The van der Waals surface area contributed by atoms with Crippen LogP contribution in [0.4, 0.5) is 0 Å². The molecule has 1 amide bonds.